The van der Waals surface area contributed by atoms with Gasteiger partial charge in [0, 0.05) is 5.56 Å². The molecule has 0 amide bonds. The molecule has 14 heavy (non-hydrogen) atoms. The molecule has 0 bridgehead atoms. The number of hydrogen-bond donors (Lipinski definition) is 0. The highest BCUT2D eigenvalue weighted by atomic mass is 16.5. The van der Waals surface area contributed by atoms with Crippen LogP contribution >= 0.6 is 0 Å². The lowest BCUT2D eigenvalue weighted by molar-refractivity contribution is 0.337. The average molecular weight is 186 g/mol. The van der Waals surface area contributed by atoms with Crippen molar-refractivity contribution in [3.05, 3.63) is 48.1 Å². The largest absolute Gasteiger partial charge is 0.489 e. The van der Waals surface area contributed by atoms with Crippen LogP contribution < -0.4 is 4.74 Å². The van der Waals surface area contributed by atoms with Crippen molar-refractivity contribution in [2.24, 2.45) is 5.92 Å². The lowest BCUT2D eigenvalue weighted by Gasteiger charge is -2.20. The minimum absolute atomic E-state index is 0.392. The molecule has 0 aromatic heterocycles. The van der Waals surface area contributed by atoms with Gasteiger partial charge in [-0.15, -0.1) is 6.58 Å². The van der Waals surface area contributed by atoms with Gasteiger partial charge in [-0.3, -0.25) is 0 Å². The van der Waals surface area contributed by atoms with Crippen LogP contribution in [0, 0.1) is 5.92 Å². The summed E-state index contributed by atoms with van der Waals surface area (Å²) < 4.78 is 5.64. The van der Waals surface area contributed by atoms with Crippen LogP contribution in [-0.2, 0) is 0 Å². The third-order valence-corrected chi connectivity index (χ3v) is 2.59. The van der Waals surface area contributed by atoms with Crippen LogP contribution in [0.25, 0.3) is 6.08 Å². The van der Waals surface area contributed by atoms with Crippen LogP contribution in [0.15, 0.2) is 42.5 Å². The average Bonchev–Trinajstić information content (AvgIpc) is 2.27. The van der Waals surface area contributed by atoms with Gasteiger partial charge in [-0.2, -0.15) is 0 Å². The number of hydrogen-bond acceptors (Lipinski definition) is 1. The number of fused-ring (bicyclic) bond motifs is 1. The Morgan fingerprint density at radius 1 is 1.43 bits per heavy atom. The number of benzene rings is 1. The molecule has 1 nitrogen and oxygen atoms in total. The maximum atomic E-state index is 5.64. The molecule has 0 radical (unpaired) electrons. The molecule has 1 aromatic carbocycles. The van der Waals surface area contributed by atoms with E-state index >= 15 is 0 Å². The molecule has 2 rings (SSSR count). The predicted octanol–water partition coefficient (Wildman–Crippen LogP) is 3.28. The molecule has 0 saturated carbocycles. The monoisotopic (exact) mass is 186 g/mol. The first-order valence-electron chi connectivity index (χ1n) is 4.86. The molecular formula is C13H14O. The summed E-state index contributed by atoms with van der Waals surface area (Å²) in [7, 11) is 0. The molecule has 1 aliphatic rings. The second kappa shape index (κ2) is 3.70. The van der Waals surface area contributed by atoms with Gasteiger partial charge in [0.1, 0.15) is 12.4 Å². The van der Waals surface area contributed by atoms with Gasteiger partial charge in [-0.25, -0.2) is 0 Å². The standard InChI is InChI=1S/C13H14O/c1-3-10(2)12-8-11-6-4-5-7-13(11)14-9-12/h3-8,10H,1,9H2,2H3/t10-/m0/s1. The summed E-state index contributed by atoms with van der Waals surface area (Å²) in [6.45, 7) is 6.62. The van der Waals surface area contributed by atoms with E-state index in [4.69, 9.17) is 4.74 Å². The van der Waals surface area contributed by atoms with Gasteiger partial charge < -0.3 is 4.74 Å². The van der Waals surface area contributed by atoms with E-state index in [9.17, 15) is 0 Å². The molecule has 0 aliphatic carbocycles. The van der Waals surface area contributed by atoms with E-state index in [-0.39, 0.29) is 0 Å². The molecule has 1 heteroatoms. The second-order valence-electron chi connectivity index (χ2n) is 3.57. The van der Waals surface area contributed by atoms with Crippen LogP contribution in [-0.4, -0.2) is 6.61 Å². The number of ether oxygens (including phenoxy) is 1. The second-order valence-corrected chi connectivity index (χ2v) is 3.57. The summed E-state index contributed by atoms with van der Waals surface area (Å²) in [5, 5.41) is 0. The van der Waals surface area contributed by atoms with Crippen molar-refractivity contribution in [3.8, 4) is 5.75 Å². The third-order valence-electron chi connectivity index (χ3n) is 2.59. The SMILES string of the molecule is C=C[C@H](C)C1=Cc2ccccc2OC1. The van der Waals surface area contributed by atoms with E-state index in [1.54, 1.807) is 0 Å². The summed E-state index contributed by atoms with van der Waals surface area (Å²) in [5.74, 6) is 1.37. The summed E-state index contributed by atoms with van der Waals surface area (Å²) >= 11 is 0. The first kappa shape index (κ1) is 9.07. The Bertz CT molecular complexity index is 377. The fraction of sp³-hybridized carbons (Fsp3) is 0.231. The highest BCUT2D eigenvalue weighted by Gasteiger charge is 2.13. The van der Waals surface area contributed by atoms with E-state index in [1.165, 1.54) is 11.1 Å². The maximum absolute atomic E-state index is 5.64. The zero-order chi connectivity index (χ0) is 9.97. The molecule has 72 valence electrons. The molecule has 1 atom stereocenters. The zero-order valence-corrected chi connectivity index (χ0v) is 8.36. The van der Waals surface area contributed by atoms with E-state index in [2.05, 4.69) is 25.6 Å². The van der Waals surface area contributed by atoms with Gasteiger partial charge in [0.15, 0.2) is 0 Å². The van der Waals surface area contributed by atoms with Crippen LogP contribution in [0.3, 0.4) is 0 Å². The Labute approximate surface area is 84.7 Å². The van der Waals surface area contributed by atoms with Gasteiger partial charge >= 0.3 is 0 Å². The summed E-state index contributed by atoms with van der Waals surface area (Å²) in [6.07, 6.45) is 4.15. The number of allylic oxidation sites excluding steroid dienone is 1. The smallest absolute Gasteiger partial charge is 0.127 e. The van der Waals surface area contributed by atoms with Crippen molar-refractivity contribution >= 4 is 6.08 Å². The summed E-state index contributed by atoms with van der Waals surface area (Å²) in [4.78, 5) is 0. The van der Waals surface area contributed by atoms with Gasteiger partial charge in [0.05, 0.1) is 0 Å². The molecule has 0 unspecified atom stereocenters. The lowest BCUT2D eigenvalue weighted by atomic mass is 9.97. The fourth-order valence-corrected chi connectivity index (χ4v) is 1.55. The van der Waals surface area contributed by atoms with E-state index in [0.29, 0.717) is 12.5 Å². The first-order chi connectivity index (χ1) is 6.81. The van der Waals surface area contributed by atoms with Crippen LogP contribution in [0.1, 0.15) is 12.5 Å². The topological polar surface area (TPSA) is 9.23 Å². The maximum Gasteiger partial charge on any atom is 0.127 e. The van der Waals surface area contributed by atoms with Gasteiger partial charge in [-0.1, -0.05) is 31.2 Å². The third kappa shape index (κ3) is 1.58. The first-order valence-corrected chi connectivity index (χ1v) is 4.86. The van der Waals surface area contributed by atoms with Crippen LogP contribution in [0.4, 0.5) is 0 Å². The quantitative estimate of drug-likeness (QED) is 0.644. The van der Waals surface area contributed by atoms with Crippen LogP contribution in [0.5, 0.6) is 5.75 Å². The zero-order valence-electron chi connectivity index (χ0n) is 8.36. The van der Waals surface area contributed by atoms with E-state index in [1.807, 2.05) is 24.3 Å². The van der Waals surface area contributed by atoms with Crippen molar-refractivity contribution in [3.63, 3.8) is 0 Å². The van der Waals surface area contributed by atoms with E-state index in [0.717, 1.165) is 5.75 Å². The Hall–Kier alpha value is -1.50. The van der Waals surface area contributed by atoms with Crippen LogP contribution in [0.2, 0.25) is 0 Å². The number of para-hydroxylation sites is 1. The van der Waals surface area contributed by atoms with Crippen molar-refractivity contribution in [2.45, 2.75) is 6.92 Å². The summed E-state index contributed by atoms with van der Waals surface area (Å²) in [5.41, 5.74) is 2.46. The Balaban J connectivity index is 2.35. The van der Waals surface area contributed by atoms with Crippen molar-refractivity contribution in [2.75, 3.05) is 6.61 Å². The van der Waals surface area contributed by atoms with Gasteiger partial charge in [0.2, 0.25) is 0 Å². The van der Waals surface area contributed by atoms with Gasteiger partial charge in [0.25, 0.3) is 0 Å². The molecular weight excluding hydrogens is 172 g/mol. The van der Waals surface area contributed by atoms with Crippen molar-refractivity contribution in [1.82, 2.24) is 0 Å². The van der Waals surface area contributed by atoms with Crippen molar-refractivity contribution < 1.29 is 4.74 Å². The van der Waals surface area contributed by atoms with Crippen molar-refractivity contribution in [1.29, 1.82) is 0 Å². The number of rotatable bonds is 2. The molecule has 0 saturated heterocycles. The van der Waals surface area contributed by atoms with E-state index < -0.39 is 0 Å². The Morgan fingerprint density at radius 2 is 2.21 bits per heavy atom. The molecule has 0 spiro atoms. The molecule has 1 heterocycles. The summed E-state index contributed by atoms with van der Waals surface area (Å²) in [6, 6.07) is 8.10. The lowest BCUT2D eigenvalue weighted by Crippen LogP contribution is -2.11. The molecule has 1 aliphatic heterocycles. The highest BCUT2D eigenvalue weighted by Crippen LogP contribution is 2.28. The predicted molar refractivity (Wildman–Crippen MR) is 59.3 cm³/mol. The normalized spacial score (nSPS) is 16.2. The fourth-order valence-electron chi connectivity index (χ4n) is 1.55. The molecule has 0 N–H and O–H groups in total. The minimum atomic E-state index is 0.392. The Morgan fingerprint density at radius 3 is 3.00 bits per heavy atom. The Kier molecular flexibility index (Phi) is 2.40. The molecule has 0 fully saturated rings. The molecule has 1 aromatic rings. The minimum Gasteiger partial charge on any atom is -0.489 e. The van der Waals surface area contributed by atoms with Gasteiger partial charge in [-0.05, 0) is 23.6 Å². The highest BCUT2D eigenvalue weighted by molar-refractivity contribution is 5.62.